The third-order valence-corrected chi connectivity index (χ3v) is 3.44. The van der Waals surface area contributed by atoms with E-state index in [1.807, 2.05) is 0 Å². The minimum Gasteiger partial charge on any atom is -0.463 e. The second kappa shape index (κ2) is 9.40. The third kappa shape index (κ3) is 6.12. The first-order chi connectivity index (χ1) is 13.2. The Morgan fingerprint density at radius 2 is 1.96 bits per heavy atom. The van der Waals surface area contributed by atoms with Crippen LogP contribution in [0.25, 0.3) is 11.3 Å². The first-order valence-corrected chi connectivity index (χ1v) is 8.25. The Labute approximate surface area is 158 Å². The number of anilines is 1. The highest BCUT2D eigenvalue weighted by Gasteiger charge is 2.38. The van der Waals surface area contributed by atoms with E-state index in [9.17, 15) is 22.4 Å². The fourth-order valence-electron chi connectivity index (χ4n) is 1.91. The van der Waals surface area contributed by atoms with Crippen LogP contribution in [0.3, 0.4) is 0 Å². The number of hydrogen-bond donors (Lipinski definition) is 1. The monoisotopic (exact) mass is 402 g/mol. The van der Waals surface area contributed by atoms with E-state index in [0.29, 0.717) is 12.4 Å². The van der Waals surface area contributed by atoms with E-state index in [2.05, 4.69) is 25.0 Å². The van der Waals surface area contributed by atoms with Gasteiger partial charge in [0.15, 0.2) is 17.7 Å². The van der Waals surface area contributed by atoms with Gasteiger partial charge >= 0.3 is 6.18 Å². The molecule has 2 rings (SSSR count). The van der Waals surface area contributed by atoms with E-state index in [0.717, 1.165) is 19.2 Å². The summed E-state index contributed by atoms with van der Waals surface area (Å²) >= 11 is 0. The molecule has 0 aliphatic rings. The lowest BCUT2D eigenvalue weighted by Crippen LogP contribution is -2.31. The predicted molar refractivity (Wildman–Crippen MR) is 91.4 cm³/mol. The zero-order valence-electron chi connectivity index (χ0n) is 15.1. The molecule has 0 aromatic carbocycles. The minimum absolute atomic E-state index is 0.00758. The Kier molecular flexibility index (Phi) is 7.21. The molecule has 1 N–H and O–H groups in total. The topological polar surface area (TPSA) is 86.2 Å². The first kappa shape index (κ1) is 21.5. The number of ketones is 1. The van der Waals surface area contributed by atoms with Gasteiger partial charge < -0.3 is 14.8 Å². The summed E-state index contributed by atoms with van der Waals surface area (Å²) in [5, 5.41) is 2.77. The Balaban J connectivity index is 2.01. The Hall–Kier alpha value is -2.82. The number of ether oxygens (including phenoxy) is 2. The predicted octanol–water partition coefficient (Wildman–Crippen LogP) is 3.02. The molecular formula is C17H18F4N4O3. The molecule has 0 aliphatic heterocycles. The zero-order valence-corrected chi connectivity index (χ0v) is 15.1. The molecule has 7 nitrogen and oxygen atoms in total. The van der Waals surface area contributed by atoms with Crippen LogP contribution in [0.2, 0.25) is 0 Å². The van der Waals surface area contributed by atoms with E-state index in [1.54, 1.807) is 6.92 Å². The van der Waals surface area contributed by atoms with Gasteiger partial charge in [-0.05, 0) is 19.9 Å². The molecule has 0 saturated heterocycles. The highest BCUT2D eigenvalue weighted by molar-refractivity contribution is 5.83. The van der Waals surface area contributed by atoms with Gasteiger partial charge in [0.25, 0.3) is 5.88 Å². The third-order valence-electron chi connectivity index (χ3n) is 3.44. The molecule has 152 valence electrons. The normalized spacial score (nSPS) is 12.5. The molecule has 0 fully saturated rings. The van der Waals surface area contributed by atoms with Gasteiger partial charge in [-0.3, -0.25) is 9.78 Å². The van der Waals surface area contributed by atoms with Gasteiger partial charge in [0.05, 0.1) is 24.6 Å². The van der Waals surface area contributed by atoms with E-state index < -0.39 is 24.0 Å². The fourth-order valence-corrected chi connectivity index (χ4v) is 1.91. The van der Waals surface area contributed by atoms with Crippen molar-refractivity contribution in [2.75, 3.05) is 25.1 Å². The molecule has 28 heavy (non-hydrogen) atoms. The minimum atomic E-state index is -4.63. The van der Waals surface area contributed by atoms with Crippen molar-refractivity contribution in [1.82, 2.24) is 15.0 Å². The number of nitrogens with zero attached hydrogens (tertiary/aromatic N) is 3. The largest absolute Gasteiger partial charge is 0.463 e. The van der Waals surface area contributed by atoms with Crippen LogP contribution in [0, 0.1) is 5.82 Å². The second-order valence-corrected chi connectivity index (χ2v) is 5.63. The van der Waals surface area contributed by atoms with Crippen LogP contribution in [0.15, 0.2) is 24.7 Å². The highest BCUT2D eigenvalue weighted by Crippen LogP contribution is 2.27. The number of carbonyl (C=O) groups excluding carboxylic acids is 1. The van der Waals surface area contributed by atoms with Gasteiger partial charge in [-0.1, -0.05) is 0 Å². The van der Waals surface area contributed by atoms with E-state index in [1.165, 1.54) is 12.4 Å². The fraction of sp³-hybridized carbons (Fsp3) is 0.412. The SMILES string of the molecule is CCOCC(=O)CNc1cnc(-c2cnc(O[C@@H](C)C(F)(F)F)c(F)c2)cn1. The van der Waals surface area contributed by atoms with Gasteiger partial charge in [0, 0.05) is 18.4 Å². The highest BCUT2D eigenvalue weighted by atomic mass is 19.4. The van der Waals surface area contributed by atoms with Crippen LogP contribution < -0.4 is 10.1 Å². The lowest BCUT2D eigenvalue weighted by Gasteiger charge is -2.17. The maximum atomic E-state index is 14.0. The molecule has 0 bridgehead atoms. The van der Waals surface area contributed by atoms with Crippen molar-refractivity contribution < 1.29 is 31.8 Å². The number of rotatable bonds is 9. The van der Waals surface area contributed by atoms with E-state index in [4.69, 9.17) is 4.74 Å². The molecule has 2 heterocycles. The van der Waals surface area contributed by atoms with Crippen LogP contribution >= 0.6 is 0 Å². The molecule has 0 spiro atoms. The van der Waals surface area contributed by atoms with Gasteiger partial charge in [0.1, 0.15) is 12.4 Å². The molecule has 0 unspecified atom stereocenters. The number of Topliss-reactive ketones (excluding diaryl/α,β-unsaturated/α-hetero) is 1. The Morgan fingerprint density at radius 3 is 2.54 bits per heavy atom. The van der Waals surface area contributed by atoms with Crippen molar-refractivity contribution in [3.05, 3.63) is 30.5 Å². The number of aromatic nitrogens is 3. The van der Waals surface area contributed by atoms with Gasteiger partial charge in [0.2, 0.25) is 0 Å². The molecule has 0 radical (unpaired) electrons. The molecule has 2 aromatic rings. The standard InChI is InChI=1S/C17H18F4N4O3/c1-3-27-9-12(26)6-23-15-8-22-14(7-24-15)11-4-13(18)16(25-5-11)28-10(2)17(19,20)21/h4-5,7-8,10H,3,6,9H2,1-2H3,(H,23,24)/t10-/m0/s1. The summed E-state index contributed by atoms with van der Waals surface area (Å²) in [6.07, 6.45) is -3.06. The average molecular weight is 402 g/mol. The van der Waals surface area contributed by atoms with Crippen LogP contribution in [0.1, 0.15) is 13.8 Å². The number of carbonyl (C=O) groups is 1. The van der Waals surface area contributed by atoms with Crippen LogP contribution in [0.4, 0.5) is 23.4 Å². The van der Waals surface area contributed by atoms with Gasteiger partial charge in [-0.15, -0.1) is 0 Å². The van der Waals surface area contributed by atoms with Crippen LogP contribution in [0.5, 0.6) is 5.88 Å². The van der Waals surface area contributed by atoms with Crippen molar-refractivity contribution in [3.8, 4) is 17.1 Å². The number of halogens is 4. The summed E-state index contributed by atoms with van der Waals surface area (Å²) in [5.41, 5.74) is 0.448. The molecule has 0 aliphatic carbocycles. The maximum Gasteiger partial charge on any atom is 0.425 e. The number of pyridine rings is 1. The Bertz CT molecular complexity index is 800. The average Bonchev–Trinajstić information content (AvgIpc) is 2.65. The quantitative estimate of drug-likeness (QED) is 0.645. The van der Waals surface area contributed by atoms with E-state index >= 15 is 0 Å². The number of hydrogen-bond acceptors (Lipinski definition) is 7. The van der Waals surface area contributed by atoms with Crippen molar-refractivity contribution in [2.24, 2.45) is 0 Å². The van der Waals surface area contributed by atoms with Crippen LogP contribution in [-0.4, -0.2) is 52.8 Å². The summed E-state index contributed by atoms with van der Waals surface area (Å²) in [7, 11) is 0. The number of nitrogens with one attached hydrogen (secondary N) is 1. The Morgan fingerprint density at radius 1 is 1.21 bits per heavy atom. The molecule has 1 atom stereocenters. The van der Waals surface area contributed by atoms with Gasteiger partial charge in [-0.25, -0.2) is 14.4 Å². The van der Waals surface area contributed by atoms with Crippen LogP contribution in [-0.2, 0) is 9.53 Å². The lowest BCUT2D eigenvalue weighted by molar-refractivity contribution is -0.190. The molecule has 11 heteroatoms. The van der Waals surface area contributed by atoms with Gasteiger partial charge in [-0.2, -0.15) is 13.2 Å². The summed E-state index contributed by atoms with van der Waals surface area (Å²) in [4.78, 5) is 23.2. The maximum absolute atomic E-state index is 14.0. The molecular weight excluding hydrogens is 384 g/mol. The van der Waals surface area contributed by atoms with Crippen molar-refractivity contribution in [1.29, 1.82) is 0 Å². The van der Waals surface area contributed by atoms with Crippen molar-refractivity contribution in [2.45, 2.75) is 26.1 Å². The molecule has 0 amide bonds. The first-order valence-electron chi connectivity index (χ1n) is 8.25. The summed E-state index contributed by atoms with van der Waals surface area (Å²) in [6, 6.07) is 0.953. The lowest BCUT2D eigenvalue weighted by atomic mass is 10.2. The summed E-state index contributed by atoms with van der Waals surface area (Å²) in [5.74, 6) is -1.66. The second-order valence-electron chi connectivity index (χ2n) is 5.63. The molecule has 2 aromatic heterocycles. The molecule has 0 saturated carbocycles. The van der Waals surface area contributed by atoms with E-state index in [-0.39, 0.29) is 30.2 Å². The smallest absolute Gasteiger partial charge is 0.425 e. The van der Waals surface area contributed by atoms with Crippen molar-refractivity contribution >= 4 is 11.6 Å². The van der Waals surface area contributed by atoms with Crippen molar-refractivity contribution in [3.63, 3.8) is 0 Å². The zero-order chi connectivity index (χ0) is 20.7. The number of alkyl halides is 3. The summed E-state index contributed by atoms with van der Waals surface area (Å²) < 4.78 is 61.0. The summed E-state index contributed by atoms with van der Waals surface area (Å²) in [6.45, 7) is 2.96.